The van der Waals surface area contributed by atoms with Crippen LogP contribution in [-0.4, -0.2) is 49.6 Å². The van der Waals surface area contributed by atoms with E-state index in [-0.39, 0.29) is 0 Å². The number of nitrogens with one attached hydrogen (secondary N) is 1. The third-order valence-corrected chi connectivity index (χ3v) is 2.47. The predicted molar refractivity (Wildman–Crippen MR) is 55.9 cm³/mol. The summed E-state index contributed by atoms with van der Waals surface area (Å²) in [6.07, 6.45) is 4.86. The lowest BCUT2D eigenvalue weighted by Crippen LogP contribution is -2.39. The highest BCUT2D eigenvalue weighted by molar-refractivity contribution is 4.68. The fourth-order valence-corrected chi connectivity index (χ4v) is 1.65. The molecule has 0 bridgehead atoms. The minimum atomic E-state index is -0.405. The predicted octanol–water partition coefficient (Wildman–Crippen LogP) is 0.373. The van der Waals surface area contributed by atoms with Crippen LogP contribution >= 0.6 is 0 Å². The van der Waals surface area contributed by atoms with Crippen LogP contribution in [0, 0.1) is 0 Å². The molecule has 4 heteroatoms. The second kappa shape index (κ2) is 6.35. The van der Waals surface area contributed by atoms with E-state index in [1.165, 1.54) is 12.8 Å². The van der Waals surface area contributed by atoms with Crippen LogP contribution in [0.4, 0.5) is 0 Å². The van der Waals surface area contributed by atoms with Crippen LogP contribution in [0.25, 0.3) is 0 Å². The summed E-state index contributed by atoms with van der Waals surface area (Å²) in [6, 6.07) is 0. The van der Waals surface area contributed by atoms with E-state index >= 15 is 0 Å². The van der Waals surface area contributed by atoms with Gasteiger partial charge in [-0.1, -0.05) is 12.8 Å². The zero-order valence-electron chi connectivity index (χ0n) is 9.20. The number of aliphatic hydroxyl groups is 1. The molecule has 1 saturated carbocycles. The quantitative estimate of drug-likeness (QED) is 0.611. The lowest BCUT2D eigenvalue weighted by atomic mass is 10.3. The summed E-state index contributed by atoms with van der Waals surface area (Å²) in [7, 11) is 3.81. The van der Waals surface area contributed by atoms with Crippen molar-refractivity contribution in [2.45, 2.75) is 37.9 Å². The molecule has 0 radical (unpaired) electrons. The fourth-order valence-electron chi connectivity index (χ4n) is 1.65. The van der Waals surface area contributed by atoms with Gasteiger partial charge in [0.2, 0.25) is 0 Å². The molecule has 1 unspecified atom stereocenters. The molecule has 1 aliphatic carbocycles. The molecule has 1 fully saturated rings. The molecule has 0 aliphatic heterocycles. The Hall–Kier alpha value is -0.160. The molecule has 1 aliphatic rings. The number of hydrazine groups is 1. The van der Waals surface area contributed by atoms with Gasteiger partial charge < -0.3 is 9.84 Å². The zero-order valence-corrected chi connectivity index (χ0v) is 9.20. The molecule has 1 atom stereocenters. The molecule has 2 N–H and O–H groups in total. The minimum Gasteiger partial charge on any atom is -0.389 e. The number of rotatable bonds is 6. The Bertz CT molecular complexity index is 147. The molecule has 84 valence electrons. The maximum atomic E-state index is 9.54. The van der Waals surface area contributed by atoms with Crippen LogP contribution in [0.1, 0.15) is 25.7 Å². The first-order valence-electron chi connectivity index (χ1n) is 5.39. The third kappa shape index (κ3) is 4.91. The van der Waals surface area contributed by atoms with Crippen molar-refractivity contribution >= 4 is 0 Å². The average molecular weight is 202 g/mol. The fraction of sp³-hybridized carbons (Fsp3) is 1.00. The highest BCUT2D eigenvalue weighted by Crippen LogP contribution is 2.20. The summed E-state index contributed by atoms with van der Waals surface area (Å²) in [4.78, 5) is 0. The Kier molecular flexibility index (Phi) is 5.40. The molecule has 0 aromatic rings. The Labute approximate surface area is 86.2 Å². The third-order valence-electron chi connectivity index (χ3n) is 2.47. The smallest absolute Gasteiger partial charge is 0.0911 e. The summed E-state index contributed by atoms with van der Waals surface area (Å²) in [5, 5.41) is 11.4. The van der Waals surface area contributed by atoms with Gasteiger partial charge in [0.15, 0.2) is 0 Å². The first-order valence-corrected chi connectivity index (χ1v) is 5.39. The molecular weight excluding hydrogens is 180 g/mol. The van der Waals surface area contributed by atoms with E-state index in [1.54, 1.807) is 0 Å². The monoisotopic (exact) mass is 202 g/mol. The number of aliphatic hydroxyl groups excluding tert-OH is 1. The van der Waals surface area contributed by atoms with Gasteiger partial charge >= 0.3 is 0 Å². The summed E-state index contributed by atoms with van der Waals surface area (Å²) < 4.78 is 5.59. The standard InChI is InChI=1S/C10H22N2O2/c1-12(2)11-7-9(13)8-14-10-5-3-4-6-10/h9-11,13H,3-8H2,1-2H3. The molecule has 1 rings (SSSR count). The van der Waals surface area contributed by atoms with Crippen molar-refractivity contribution in [1.29, 1.82) is 0 Å². The van der Waals surface area contributed by atoms with Gasteiger partial charge in [0, 0.05) is 20.6 Å². The van der Waals surface area contributed by atoms with E-state index in [0.29, 0.717) is 19.3 Å². The van der Waals surface area contributed by atoms with Crippen molar-refractivity contribution in [2.75, 3.05) is 27.2 Å². The first-order chi connectivity index (χ1) is 6.68. The van der Waals surface area contributed by atoms with Gasteiger partial charge in [0.25, 0.3) is 0 Å². The lowest BCUT2D eigenvalue weighted by Gasteiger charge is -2.18. The van der Waals surface area contributed by atoms with E-state index in [1.807, 2.05) is 19.1 Å². The van der Waals surface area contributed by atoms with Crippen molar-refractivity contribution in [2.24, 2.45) is 0 Å². The van der Waals surface area contributed by atoms with Crippen molar-refractivity contribution in [3.8, 4) is 0 Å². The number of hydrogen-bond acceptors (Lipinski definition) is 4. The Morgan fingerprint density at radius 1 is 1.43 bits per heavy atom. The first kappa shape index (κ1) is 11.9. The van der Waals surface area contributed by atoms with Crippen molar-refractivity contribution in [3.05, 3.63) is 0 Å². The van der Waals surface area contributed by atoms with Gasteiger partial charge in [0.05, 0.1) is 18.8 Å². The maximum Gasteiger partial charge on any atom is 0.0911 e. The van der Waals surface area contributed by atoms with Gasteiger partial charge in [-0.25, -0.2) is 0 Å². The van der Waals surface area contributed by atoms with Crippen molar-refractivity contribution in [3.63, 3.8) is 0 Å². The van der Waals surface area contributed by atoms with Gasteiger partial charge in [-0.2, -0.15) is 0 Å². The van der Waals surface area contributed by atoms with E-state index < -0.39 is 6.10 Å². The average Bonchev–Trinajstić information content (AvgIpc) is 2.63. The second-order valence-electron chi connectivity index (χ2n) is 4.15. The summed E-state index contributed by atoms with van der Waals surface area (Å²) >= 11 is 0. The molecule has 4 nitrogen and oxygen atoms in total. The topological polar surface area (TPSA) is 44.7 Å². The van der Waals surface area contributed by atoms with Crippen LogP contribution in [0.2, 0.25) is 0 Å². The zero-order chi connectivity index (χ0) is 10.4. The van der Waals surface area contributed by atoms with Crippen molar-refractivity contribution < 1.29 is 9.84 Å². The van der Waals surface area contributed by atoms with Crippen LogP contribution in [0.15, 0.2) is 0 Å². The van der Waals surface area contributed by atoms with Gasteiger partial charge in [-0.3, -0.25) is 10.4 Å². The Balaban J connectivity index is 1.99. The summed E-state index contributed by atoms with van der Waals surface area (Å²) in [5.41, 5.74) is 3.02. The molecule has 0 amide bonds. The van der Waals surface area contributed by atoms with Crippen LogP contribution in [0.3, 0.4) is 0 Å². The van der Waals surface area contributed by atoms with Gasteiger partial charge in [-0.15, -0.1) is 0 Å². The highest BCUT2D eigenvalue weighted by atomic mass is 16.5. The van der Waals surface area contributed by atoms with Gasteiger partial charge in [-0.05, 0) is 12.8 Å². The Morgan fingerprint density at radius 2 is 2.07 bits per heavy atom. The number of hydrogen-bond donors (Lipinski definition) is 2. The molecule has 0 spiro atoms. The molecule has 0 saturated heterocycles. The molecule has 0 heterocycles. The SMILES string of the molecule is CN(C)NCC(O)COC1CCCC1. The molecular formula is C10H22N2O2. The number of ether oxygens (including phenoxy) is 1. The molecule has 0 aromatic carbocycles. The van der Waals surface area contributed by atoms with E-state index in [4.69, 9.17) is 4.74 Å². The molecule has 0 aromatic heterocycles. The summed E-state index contributed by atoms with van der Waals surface area (Å²) in [6.45, 7) is 1.01. The van der Waals surface area contributed by atoms with Gasteiger partial charge in [0.1, 0.15) is 0 Å². The highest BCUT2D eigenvalue weighted by Gasteiger charge is 2.16. The molecule has 14 heavy (non-hydrogen) atoms. The normalized spacial score (nSPS) is 20.6. The van der Waals surface area contributed by atoms with Crippen LogP contribution < -0.4 is 5.43 Å². The minimum absolute atomic E-state index is 0.393. The van der Waals surface area contributed by atoms with E-state index in [2.05, 4.69) is 5.43 Å². The largest absolute Gasteiger partial charge is 0.389 e. The maximum absolute atomic E-state index is 9.54. The van der Waals surface area contributed by atoms with Crippen LogP contribution in [-0.2, 0) is 4.74 Å². The van der Waals surface area contributed by atoms with Crippen molar-refractivity contribution in [1.82, 2.24) is 10.4 Å². The Morgan fingerprint density at radius 3 is 2.64 bits per heavy atom. The number of nitrogens with zero attached hydrogens (tertiary/aromatic N) is 1. The van der Waals surface area contributed by atoms with Crippen LogP contribution in [0.5, 0.6) is 0 Å². The summed E-state index contributed by atoms with van der Waals surface area (Å²) in [5.74, 6) is 0. The van der Waals surface area contributed by atoms with E-state index in [0.717, 1.165) is 12.8 Å². The van der Waals surface area contributed by atoms with E-state index in [9.17, 15) is 5.11 Å². The lowest BCUT2D eigenvalue weighted by molar-refractivity contribution is -0.0103. The second-order valence-corrected chi connectivity index (χ2v) is 4.15.